The summed E-state index contributed by atoms with van der Waals surface area (Å²) in [4.78, 5) is 26.3. The molecule has 8 nitrogen and oxygen atoms in total. The van der Waals surface area contributed by atoms with E-state index in [4.69, 9.17) is 22.4 Å². The summed E-state index contributed by atoms with van der Waals surface area (Å²) in [7, 11) is 0. The number of fused-ring (bicyclic) bond motifs is 1. The highest BCUT2D eigenvalue weighted by atomic mass is 35.5. The summed E-state index contributed by atoms with van der Waals surface area (Å²) in [5.74, 6) is 0. The van der Waals surface area contributed by atoms with Crippen molar-refractivity contribution in [1.29, 1.82) is 0 Å². The number of halogens is 1. The Bertz CT molecular complexity index is 1040. The van der Waals surface area contributed by atoms with Crippen molar-refractivity contribution >= 4 is 40.0 Å². The van der Waals surface area contributed by atoms with E-state index in [1.165, 1.54) is 0 Å². The number of nitrogen functional groups attached to an aromatic ring is 1. The van der Waals surface area contributed by atoms with Crippen LogP contribution in [0.4, 0.5) is 16.2 Å². The van der Waals surface area contributed by atoms with Gasteiger partial charge in [0.15, 0.2) is 0 Å². The molecule has 0 aliphatic carbocycles. The molecule has 144 valence electrons. The molecule has 0 bridgehead atoms. The zero-order chi connectivity index (χ0) is 19.7. The van der Waals surface area contributed by atoms with E-state index in [0.717, 1.165) is 36.0 Å². The first kappa shape index (κ1) is 18.2. The molecule has 0 aromatic carbocycles. The third kappa shape index (κ3) is 3.63. The Kier molecular flexibility index (Phi) is 4.87. The number of pyridine rings is 3. The molecule has 0 unspecified atom stereocenters. The van der Waals surface area contributed by atoms with Crippen molar-refractivity contribution in [2.24, 2.45) is 0 Å². The Morgan fingerprint density at radius 2 is 2.18 bits per heavy atom. The fraction of sp³-hybridized carbons (Fsp3) is 0.263. The van der Waals surface area contributed by atoms with Gasteiger partial charge in [0.05, 0.1) is 23.1 Å². The second kappa shape index (κ2) is 7.47. The molecule has 1 atom stereocenters. The van der Waals surface area contributed by atoms with E-state index in [9.17, 15) is 4.79 Å². The minimum atomic E-state index is -1.000. The second-order valence-corrected chi connectivity index (χ2v) is 7.11. The number of nitrogens with one attached hydrogen (secondary N) is 1. The van der Waals surface area contributed by atoms with Gasteiger partial charge in [-0.05, 0) is 37.1 Å². The lowest BCUT2D eigenvalue weighted by molar-refractivity contribution is 0.188. The van der Waals surface area contributed by atoms with Gasteiger partial charge in [0.1, 0.15) is 10.8 Å². The number of carboxylic acid groups (broad SMARTS) is 1. The molecule has 1 aliphatic heterocycles. The fourth-order valence-corrected chi connectivity index (χ4v) is 3.73. The standard InChI is InChI=1S/C19H19ClN6O2/c20-17-4-3-13(21)18(25-17)14-8-12-15(9-23-14)22-6-5-16(12)26-7-1-2-11(10-26)24-19(27)28/h3-6,8-9,11,24H,1-2,7,10,21H2,(H,27,28)/t11-/m0/s1. The summed E-state index contributed by atoms with van der Waals surface area (Å²) in [6.07, 6.45) is 4.14. The van der Waals surface area contributed by atoms with Crippen LogP contribution in [0.3, 0.4) is 0 Å². The predicted octanol–water partition coefficient (Wildman–Crippen LogP) is 3.16. The minimum Gasteiger partial charge on any atom is -0.465 e. The summed E-state index contributed by atoms with van der Waals surface area (Å²) in [6, 6.07) is 7.07. The SMILES string of the molecule is Nc1ccc(Cl)nc1-c1cc2c(N3CCC[C@H](NC(=O)O)C3)ccnc2cn1. The molecule has 0 spiro atoms. The highest BCUT2D eigenvalue weighted by Gasteiger charge is 2.23. The molecule has 1 fully saturated rings. The molecule has 28 heavy (non-hydrogen) atoms. The van der Waals surface area contributed by atoms with Gasteiger partial charge in [0.2, 0.25) is 0 Å². The highest BCUT2D eigenvalue weighted by Crippen LogP contribution is 2.31. The molecule has 4 heterocycles. The molecule has 0 saturated carbocycles. The van der Waals surface area contributed by atoms with E-state index in [1.54, 1.807) is 24.5 Å². The van der Waals surface area contributed by atoms with Gasteiger partial charge in [-0.2, -0.15) is 0 Å². The number of aromatic nitrogens is 3. The number of nitrogens with zero attached hydrogens (tertiary/aromatic N) is 4. The number of hydrogen-bond donors (Lipinski definition) is 3. The Balaban J connectivity index is 1.75. The van der Waals surface area contributed by atoms with Gasteiger partial charge in [-0.1, -0.05) is 11.6 Å². The van der Waals surface area contributed by atoms with Gasteiger partial charge in [-0.25, -0.2) is 9.78 Å². The Labute approximate surface area is 166 Å². The molecule has 1 amide bonds. The molecule has 0 radical (unpaired) electrons. The Morgan fingerprint density at radius 1 is 1.32 bits per heavy atom. The zero-order valence-corrected chi connectivity index (χ0v) is 15.7. The van der Waals surface area contributed by atoms with Crippen LogP contribution in [0.5, 0.6) is 0 Å². The van der Waals surface area contributed by atoms with Crippen LogP contribution in [0.2, 0.25) is 5.15 Å². The van der Waals surface area contributed by atoms with Crippen LogP contribution in [-0.2, 0) is 0 Å². The summed E-state index contributed by atoms with van der Waals surface area (Å²) in [5, 5.41) is 12.9. The normalized spacial score (nSPS) is 16.9. The van der Waals surface area contributed by atoms with Crippen molar-refractivity contribution in [1.82, 2.24) is 20.3 Å². The van der Waals surface area contributed by atoms with Gasteiger partial charge in [-0.15, -0.1) is 0 Å². The lowest BCUT2D eigenvalue weighted by Gasteiger charge is -2.34. The lowest BCUT2D eigenvalue weighted by Crippen LogP contribution is -2.47. The van der Waals surface area contributed by atoms with Crippen LogP contribution in [0.15, 0.2) is 36.7 Å². The number of rotatable bonds is 3. The molecule has 3 aromatic heterocycles. The molecule has 3 aromatic rings. The predicted molar refractivity (Wildman–Crippen MR) is 109 cm³/mol. The highest BCUT2D eigenvalue weighted by molar-refractivity contribution is 6.29. The molecular formula is C19H19ClN6O2. The topological polar surface area (TPSA) is 117 Å². The maximum absolute atomic E-state index is 11.0. The molecule has 4 N–H and O–H groups in total. The summed E-state index contributed by atoms with van der Waals surface area (Å²) >= 11 is 6.03. The number of nitrogens with two attached hydrogens (primary N) is 1. The zero-order valence-electron chi connectivity index (χ0n) is 15.0. The van der Waals surface area contributed by atoms with E-state index < -0.39 is 6.09 Å². The summed E-state index contributed by atoms with van der Waals surface area (Å²) in [6.45, 7) is 1.44. The number of carbonyl (C=O) groups is 1. The lowest BCUT2D eigenvalue weighted by atomic mass is 10.0. The van der Waals surface area contributed by atoms with Crippen LogP contribution < -0.4 is 16.0 Å². The van der Waals surface area contributed by atoms with Gasteiger partial charge < -0.3 is 21.1 Å². The maximum atomic E-state index is 11.0. The van der Waals surface area contributed by atoms with Crippen molar-refractivity contribution in [3.05, 3.63) is 41.8 Å². The molecule has 1 aliphatic rings. The number of piperidine rings is 1. The van der Waals surface area contributed by atoms with Crippen LogP contribution in [-0.4, -0.2) is 45.3 Å². The Hall–Kier alpha value is -3.13. The van der Waals surface area contributed by atoms with Crippen LogP contribution >= 0.6 is 11.6 Å². The number of anilines is 2. The third-order valence-corrected chi connectivity index (χ3v) is 5.04. The average molecular weight is 399 g/mol. The van der Waals surface area contributed by atoms with E-state index >= 15 is 0 Å². The molecule has 9 heteroatoms. The number of amides is 1. The fourth-order valence-electron chi connectivity index (χ4n) is 3.58. The number of hydrogen-bond acceptors (Lipinski definition) is 6. The van der Waals surface area contributed by atoms with E-state index in [0.29, 0.717) is 28.8 Å². The van der Waals surface area contributed by atoms with Crippen LogP contribution in [0, 0.1) is 0 Å². The van der Waals surface area contributed by atoms with Gasteiger partial charge in [0.25, 0.3) is 0 Å². The van der Waals surface area contributed by atoms with Gasteiger partial charge in [-0.3, -0.25) is 9.97 Å². The molecule has 4 rings (SSSR count). The van der Waals surface area contributed by atoms with E-state index in [2.05, 4.69) is 25.2 Å². The van der Waals surface area contributed by atoms with Crippen LogP contribution in [0.1, 0.15) is 12.8 Å². The van der Waals surface area contributed by atoms with Crippen LogP contribution in [0.25, 0.3) is 22.3 Å². The molecule has 1 saturated heterocycles. The van der Waals surface area contributed by atoms with E-state index in [-0.39, 0.29) is 6.04 Å². The summed E-state index contributed by atoms with van der Waals surface area (Å²) < 4.78 is 0. The first-order valence-electron chi connectivity index (χ1n) is 8.93. The first-order valence-corrected chi connectivity index (χ1v) is 9.30. The molecular weight excluding hydrogens is 380 g/mol. The quantitative estimate of drug-likeness (QED) is 0.580. The Morgan fingerprint density at radius 3 is 3.00 bits per heavy atom. The monoisotopic (exact) mass is 398 g/mol. The summed E-state index contributed by atoms with van der Waals surface area (Å²) in [5.41, 5.74) is 9.41. The smallest absolute Gasteiger partial charge is 0.404 e. The van der Waals surface area contributed by atoms with E-state index in [1.807, 2.05) is 12.1 Å². The second-order valence-electron chi connectivity index (χ2n) is 6.72. The van der Waals surface area contributed by atoms with Gasteiger partial charge in [0, 0.05) is 36.4 Å². The largest absolute Gasteiger partial charge is 0.465 e. The van der Waals surface area contributed by atoms with Crippen molar-refractivity contribution in [3.63, 3.8) is 0 Å². The van der Waals surface area contributed by atoms with Crippen molar-refractivity contribution in [2.75, 3.05) is 23.7 Å². The van der Waals surface area contributed by atoms with Crippen molar-refractivity contribution in [3.8, 4) is 11.4 Å². The van der Waals surface area contributed by atoms with Crippen molar-refractivity contribution in [2.45, 2.75) is 18.9 Å². The third-order valence-electron chi connectivity index (χ3n) is 4.83. The van der Waals surface area contributed by atoms with Crippen molar-refractivity contribution < 1.29 is 9.90 Å². The first-order chi connectivity index (χ1) is 13.5. The maximum Gasteiger partial charge on any atom is 0.404 e. The minimum absolute atomic E-state index is 0.110. The van der Waals surface area contributed by atoms with Gasteiger partial charge >= 0.3 is 6.09 Å². The average Bonchev–Trinajstić information content (AvgIpc) is 2.68.